The van der Waals surface area contributed by atoms with Crippen LogP contribution in [0.2, 0.25) is 0 Å². The number of nitrogens with two attached hydrogens (primary N) is 1. The summed E-state index contributed by atoms with van der Waals surface area (Å²) in [4.78, 5) is 22.9. The Morgan fingerprint density at radius 2 is 1.67 bits per heavy atom. The standard InChI is InChI=1S/C13H17N3O2/c1-8(14)12(17)15-10-4-6-11(7-5-10)16-13(18)9-2-3-9/h4-9H,2-3,14H2,1H3,(H,15,17)(H,16,18). The molecule has 96 valence electrons. The molecule has 1 atom stereocenters. The second-order valence-electron chi connectivity index (χ2n) is 4.62. The first-order valence-electron chi connectivity index (χ1n) is 6.03. The number of carbonyl (C=O) groups is 2. The highest BCUT2D eigenvalue weighted by Gasteiger charge is 2.29. The lowest BCUT2D eigenvalue weighted by Gasteiger charge is -2.09. The Balaban J connectivity index is 1.92. The van der Waals surface area contributed by atoms with Crippen molar-refractivity contribution in [2.24, 2.45) is 11.7 Å². The highest BCUT2D eigenvalue weighted by Crippen LogP contribution is 2.30. The number of benzene rings is 1. The molecule has 0 radical (unpaired) electrons. The van der Waals surface area contributed by atoms with Crippen LogP contribution in [0.25, 0.3) is 0 Å². The molecule has 1 fully saturated rings. The van der Waals surface area contributed by atoms with Gasteiger partial charge in [-0.25, -0.2) is 0 Å². The van der Waals surface area contributed by atoms with E-state index < -0.39 is 6.04 Å². The van der Waals surface area contributed by atoms with Gasteiger partial charge in [0.05, 0.1) is 6.04 Å². The summed E-state index contributed by atoms with van der Waals surface area (Å²) in [6, 6.07) is 6.46. The minimum Gasteiger partial charge on any atom is -0.326 e. The van der Waals surface area contributed by atoms with Crippen LogP contribution in [-0.2, 0) is 9.59 Å². The van der Waals surface area contributed by atoms with E-state index in [1.165, 1.54) is 0 Å². The zero-order valence-corrected chi connectivity index (χ0v) is 10.3. The van der Waals surface area contributed by atoms with Crippen molar-refractivity contribution in [1.29, 1.82) is 0 Å². The first kappa shape index (κ1) is 12.6. The van der Waals surface area contributed by atoms with Gasteiger partial charge in [-0.05, 0) is 44.0 Å². The molecule has 1 unspecified atom stereocenters. The molecule has 1 aliphatic rings. The molecule has 5 heteroatoms. The molecule has 0 aromatic heterocycles. The monoisotopic (exact) mass is 247 g/mol. The largest absolute Gasteiger partial charge is 0.326 e. The summed E-state index contributed by atoms with van der Waals surface area (Å²) >= 11 is 0. The van der Waals surface area contributed by atoms with Gasteiger partial charge in [0.15, 0.2) is 0 Å². The van der Waals surface area contributed by atoms with Crippen molar-refractivity contribution < 1.29 is 9.59 Å². The molecule has 0 aliphatic heterocycles. The Morgan fingerprint density at radius 1 is 1.17 bits per heavy atom. The van der Waals surface area contributed by atoms with Crippen molar-refractivity contribution in [2.45, 2.75) is 25.8 Å². The average Bonchev–Trinajstić information content (AvgIpc) is 3.15. The smallest absolute Gasteiger partial charge is 0.240 e. The zero-order valence-electron chi connectivity index (χ0n) is 10.3. The molecular weight excluding hydrogens is 230 g/mol. The van der Waals surface area contributed by atoms with Gasteiger partial charge in [-0.3, -0.25) is 9.59 Å². The van der Waals surface area contributed by atoms with Gasteiger partial charge in [0.25, 0.3) is 0 Å². The zero-order chi connectivity index (χ0) is 13.1. The van der Waals surface area contributed by atoms with Crippen LogP contribution in [0.3, 0.4) is 0 Å². The molecule has 2 amide bonds. The maximum Gasteiger partial charge on any atom is 0.240 e. The Bertz CT molecular complexity index is 415. The molecule has 1 aliphatic carbocycles. The number of nitrogens with one attached hydrogen (secondary N) is 2. The van der Waals surface area contributed by atoms with E-state index in [2.05, 4.69) is 10.6 Å². The second-order valence-corrected chi connectivity index (χ2v) is 4.62. The number of anilines is 2. The van der Waals surface area contributed by atoms with E-state index in [9.17, 15) is 9.59 Å². The summed E-state index contributed by atoms with van der Waals surface area (Å²) in [5, 5.41) is 5.51. The van der Waals surface area contributed by atoms with E-state index in [0.717, 1.165) is 18.5 Å². The summed E-state index contributed by atoms with van der Waals surface area (Å²) in [5.41, 5.74) is 6.86. The summed E-state index contributed by atoms with van der Waals surface area (Å²) in [6.45, 7) is 1.62. The maximum absolute atomic E-state index is 11.5. The van der Waals surface area contributed by atoms with E-state index in [-0.39, 0.29) is 17.7 Å². The maximum atomic E-state index is 11.5. The van der Waals surface area contributed by atoms with Gasteiger partial charge >= 0.3 is 0 Å². The van der Waals surface area contributed by atoms with Gasteiger partial charge in [-0.1, -0.05) is 0 Å². The SMILES string of the molecule is CC(N)C(=O)Nc1ccc(NC(=O)C2CC2)cc1. The molecule has 1 aromatic rings. The van der Waals surface area contributed by atoms with Gasteiger partial charge in [-0.15, -0.1) is 0 Å². The van der Waals surface area contributed by atoms with E-state index >= 15 is 0 Å². The number of carbonyl (C=O) groups excluding carboxylic acids is 2. The third kappa shape index (κ3) is 3.30. The molecule has 18 heavy (non-hydrogen) atoms. The fourth-order valence-electron chi connectivity index (χ4n) is 1.48. The Morgan fingerprint density at radius 3 is 2.11 bits per heavy atom. The number of amides is 2. The van der Waals surface area contributed by atoms with Gasteiger partial charge in [0, 0.05) is 17.3 Å². The number of hydrogen-bond donors (Lipinski definition) is 3. The predicted octanol–water partition coefficient (Wildman–Crippen LogP) is 1.32. The van der Waals surface area contributed by atoms with E-state index in [1.54, 1.807) is 31.2 Å². The van der Waals surface area contributed by atoms with Crippen LogP contribution < -0.4 is 16.4 Å². The normalized spacial score (nSPS) is 15.9. The third-order valence-corrected chi connectivity index (χ3v) is 2.78. The molecule has 0 bridgehead atoms. The summed E-state index contributed by atoms with van der Waals surface area (Å²) < 4.78 is 0. The van der Waals surface area contributed by atoms with Crippen LogP contribution in [0, 0.1) is 5.92 Å². The van der Waals surface area contributed by atoms with Crippen LogP contribution in [0.5, 0.6) is 0 Å². The average molecular weight is 247 g/mol. The van der Waals surface area contributed by atoms with Crippen molar-refractivity contribution in [2.75, 3.05) is 10.6 Å². The molecule has 4 N–H and O–H groups in total. The van der Waals surface area contributed by atoms with Crippen LogP contribution in [0.1, 0.15) is 19.8 Å². The second kappa shape index (κ2) is 5.18. The molecule has 5 nitrogen and oxygen atoms in total. The molecular formula is C13H17N3O2. The van der Waals surface area contributed by atoms with Gasteiger partial charge < -0.3 is 16.4 Å². The Hall–Kier alpha value is -1.88. The lowest BCUT2D eigenvalue weighted by molar-refractivity contribution is -0.118. The quantitative estimate of drug-likeness (QED) is 0.750. The molecule has 2 rings (SSSR count). The van der Waals surface area contributed by atoms with Crippen LogP contribution in [0.4, 0.5) is 11.4 Å². The van der Waals surface area contributed by atoms with Crippen molar-refractivity contribution >= 4 is 23.2 Å². The minimum absolute atomic E-state index is 0.0716. The van der Waals surface area contributed by atoms with Crippen molar-refractivity contribution in [3.63, 3.8) is 0 Å². The van der Waals surface area contributed by atoms with E-state index in [1.807, 2.05) is 0 Å². The highest BCUT2D eigenvalue weighted by atomic mass is 16.2. The highest BCUT2D eigenvalue weighted by molar-refractivity contribution is 5.96. The summed E-state index contributed by atoms with van der Waals surface area (Å²) in [6.07, 6.45) is 1.96. The number of hydrogen-bond acceptors (Lipinski definition) is 3. The van der Waals surface area contributed by atoms with Gasteiger partial charge in [-0.2, -0.15) is 0 Å². The Kier molecular flexibility index (Phi) is 3.62. The molecule has 0 saturated heterocycles. The van der Waals surface area contributed by atoms with Gasteiger partial charge in [0.1, 0.15) is 0 Å². The molecule has 0 spiro atoms. The minimum atomic E-state index is -0.542. The van der Waals surface area contributed by atoms with E-state index in [0.29, 0.717) is 5.69 Å². The molecule has 1 aromatic carbocycles. The number of rotatable bonds is 4. The lowest BCUT2D eigenvalue weighted by atomic mass is 10.2. The topological polar surface area (TPSA) is 84.2 Å². The van der Waals surface area contributed by atoms with Gasteiger partial charge in [0.2, 0.25) is 11.8 Å². The van der Waals surface area contributed by atoms with Crippen molar-refractivity contribution in [1.82, 2.24) is 0 Å². The fourth-order valence-corrected chi connectivity index (χ4v) is 1.48. The van der Waals surface area contributed by atoms with Crippen molar-refractivity contribution in [3.8, 4) is 0 Å². The predicted molar refractivity (Wildman–Crippen MR) is 70.1 cm³/mol. The third-order valence-electron chi connectivity index (χ3n) is 2.78. The molecule has 0 heterocycles. The van der Waals surface area contributed by atoms with Crippen LogP contribution in [-0.4, -0.2) is 17.9 Å². The Labute approximate surface area is 106 Å². The molecule has 1 saturated carbocycles. The van der Waals surface area contributed by atoms with E-state index in [4.69, 9.17) is 5.73 Å². The van der Waals surface area contributed by atoms with Crippen molar-refractivity contribution in [3.05, 3.63) is 24.3 Å². The summed E-state index contributed by atoms with van der Waals surface area (Å²) in [7, 11) is 0. The summed E-state index contributed by atoms with van der Waals surface area (Å²) in [5.74, 6) is 0.0228. The lowest BCUT2D eigenvalue weighted by Crippen LogP contribution is -2.32. The van der Waals surface area contributed by atoms with Crippen LogP contribution in [0.15, 0.2) is 24.3 Å². The first-order chi connectivity index (χ1) is 8.56. The fraction of sp³-hybridized carbons (Fsp3) is 0.385. The van der Waals surface area contributed by atoms with Crippen LogP contribution >= 0.6 is 0 Å². The first-order valence-corrected chi connectivity index (χ1v) is 6.03.